The van der Waals surface area contributed by atoms with Gasteiger partial charge in [0, 0.05) is 16.5 Å². The Morgan fingerprint density at radius 2 is 1.24 bits per heavy atom. The zero-order valence-electron chi connectivity index (χ0n) is 15.8. The van der Waals surface area contributed by atoms with E-state index in [2.05, 4.69) is 24.3 Å². The molecule has 1 aliphatic heterocycles. The summed E-state index contributed by atoms with van der Waals surface area (Å²) in [4.78, 5) is 27.5. The summed E-state index contributed by atoms with van der Waals surface area (Å²) in [5.74, 6) is -0.686. The molecule has 1 heterocycles. The van der Waals surface area contributed by atoms with Gasteiger partial charge in [0.2, 0.25) is 0 Å². The van der Waals surface area contributed by atoms with Crippen LogP contribution in [0.3, 0.4) is 0 Å². The molecule has 1 aliphatic rings. The average molecular weight is 379 g/mol. The van der Waals surface area contributed by atoms with Crippen molar-refractivity contribution in [1.29, 1.82) is 0 Å². The van der Waals surface area contributed by atoms with E-state index >= 15 is 0 Å². The van der Waals surface area contributed by atoms with E-state index in [1.807, 2.05) is 36.4 Å². The zero-order chi connectivity index (χ0) is 19.9. The van der Waals surface area contributed by atoms with Gasteiger partial charge in [-0.25, -0.2) is 0 Å². The number of carbonyl (C=O) groups is 2. The van der Waals surface area contributed by atoms with Crippen LogP contribution in [-0.4, -0.2) is 34.5 Å². The molecule has 0 aliphatic carbocycles. The first-order valence-electron chi connectivity index (χ1n) is 9.72. The van der Waals surface area contributed by atoms with Crippen molar-refractivity contribution in [2.45, 2.75) is 13.0 Å². The average Bonchev–Trinajstić information content (AvgIpc) is 2.75. The van der Waals surface area contributed by atoms with Crippen molar-refractivity contribution in [3.05, 3.63) is 71.8 Å². The van der Waals surface area contributed by atoms with Crippen LogP contribution in [0.2, 0.25) is 0 Å². The predicted octanol–water partition coefficient (Wildman–Crippen LogP) is 4.71. The highest BCUT2D eigenvalue weighted by atomic mass is 16.3. The van der Waals surface area contributed by atoms with Gasteiger partial charge in [0.05, 0.1) is 12.6 Å². The lowest BCUT2D eigenvalue weighted by Gasteiger charge is -2.31. The van der Waals surface area contributed by atoms with Gasteiger partial charge in [-0.2, -0.15) is 0 Å². The second kappa shape index (κ2) is 5.52. The molecule has 5 aromatic rings. The molecule has 0 radical (unpaired) electrons. The van der Waals surface area contributed by atoms with E-state index < -0.39 is 6.04 Å². The third kappa shape index (κ3) is 1.91. The smallest absolute Gasteiger partial charge is 0.261 e. The first-order valence-corrected chi connectivity index (χ1v) is 9.72. The van der Waals surface area contributed by atoms with Gasteiger partial charge in [0.1, 0.15) is 0 Å². The Morgan fingerprint density at radius 1 is 0.724 bits per heavy atom. The number of fused-ring (bicyclic) bond motifs is 2. The summed E-state index contributed by atoms with van der Waals surface area (Å²) in [7, 11) is 0. The maximum absolute atomic E-state index is 13.2. The molecule has 2 amide bonds. The molecule has 4 nitrogen and oxygen atoms in total. The van der Waals surface area contributed by atoms with Crippen molar-refractivity contribution in [3.8, 4) is 0 Å². The lowest BCUT2D eigenvalue weighted by Crippen LogP contribution is -2.47. The summed E-state index contributed by atoms with van der Waals surface area (Å²) < 4.78 is 0. The van der Waals surface area contributed by atoms with Crippen LogP contribution in [0.4, 0.5) is 0 Å². The molecule has 0 spiro atoms. The lowest BCUT2D eigenvalue weighted by molar-refractivity contribution is 0.0492. The normalized spacial score (nSPS) is 15.3. The van der Waals surface area contributed by atoms with E-state index in [1.165, 1.54) is 15.7 Å². The second-order valence-electron chi connectivity index (χ2n) is 7.79. The zero-order valence-corrected chi connectivity index (χ0v) is 15.8. The highest BCUT2D eigenvalue weighted by Crippen LogP contribution is 2.43. The minimum atomic E-state index is -0.570. The molecule has 0 aromatic heterocycles. The molecule has 5 aromatic carbocycles. The van der Waals surface area contributed by atoms with E-state index in [0.717, 1.165) is 32.3 Å². The molecule has 0 bridgehead atoms. The van der Waals surface area contributed by atoms with Crippen LogP contribution >= 0.6 is 0 Å². The molecule has 140 valence electrons. The predicted molar refractivity (Wildman–Crippen MR) is 115 cm³/mol. The molecule has 0 fully saturated rings. The molecule has 0 unspecified atom stereocenters. The van der Waals surface area contributed by atoms with Crippen LogP contribution in [0.5, 0.6) is 0 Å². The molecule has 29 heavy (non-hydrogen) atoms. The number of hydrogen-bond acceptors (Lipinski definition) is 3. The summed E-state index contributed by atoms with van der Waals surface area (Å²) >= 11 is 0. The van der Waals surface area contributed by atoms with Crippen molar-refractivity contribution in [2.75, 3.05) is 6.61 Å². The number of imide groups is 1. The third-order valence-electron chi connectivity index (χ3n) is 6.25. The molecular weight excluding hydrogens is 362 g/mol. The summed E-state index contributed by atoms with van der Waals surface area (Å²) in [5.41, 5.74) is 1.04. The summed E-state index contributed by atoms with van der Waals surface area (Å²) in [6.07, 6.45) is 0. The maximum Gasteiger partial charge on any atom is 0.261 e. The number of benzene rings is 5. The van der Waals surface area contributed by atoms with Gasteiger partial charge in [-0.1, -0.05) is 48.5 Å². The van der Waals surface area contributed by atoms with Crippen molar-refractivity contribution in [3.63, 3.8) is 0 Å². The molecule has 0 saturated carbocycles. The first-order chi connectivity index (χ1) is 14.1. The van der Waals surface area contributed by atoms with E-state index in [4.69, 9.17) is 0 Å². The number of aliphatic hydroxyl groups excluding tert-OH is 1. The van der Waals surface area contributed by atoms with Crippen LogP contribution < -0.4 is 0 Å². The number of hydrogen-bond donors (Lipinski definition) is 1. The molecule has 1 atom stereocenters. The van der Waals surface area contributed by atoms with Gasteiger partial charge in [0.15, 0.2) is 0 Å². The summed E-state index contributed by atoms with van der Waals surface area (Å²) in [6, 6.07) is 19.6. The highest BCUT2D eigenvalue weighted by molar-refractivity contribution is 6.38. The van der Waals surface area contributed by atoms with E-state index in [0.29, 0.717) is 11.1 Å². The summed E-state index contributed by atoms with van der Waals surface area (Å²) in [5, 5.41) is 18.0. The fraction of sp³-hybridized carbons (Fsp3) is 0.120. The standard InChI is InChI=1S/C25H17NO3/c1-13(12-27)26-24(28)19-10-8-17-15-6-2-4-14-5-3-7-16(21(14)15)18-9-11-20(25(26)29)23(19)22(17)18/h2-11,13,27H,12H2,1H3/t13-/m0/s1. The molecular formula is C25H17NO3. The minimum absolute atomic E-state index is 0.262. The number of amides is 2. The van der Waals surface area contributed by atoms with Gasteiger partial charge in [0.25, 0.3) is 11.8 Å². The van der Waals surface area contributed by atoms with Gasteiger partial charge < -0.3 is 5.11 Å². The fourth-order valence-corrected chi connectivity index (χ4v) is 4.92. The number of aliphatic hydroxyl groups is 1. The lowest BCUT2D eigenvalue weighted by atomic mass is 9.84. The van der Waals surface area contributed by atoms with Crippen LogP contribution in [0, 0.1) is 0 Å². The van der Waals surface area contributed by atoms with Gasteiger partial charge in [-0.15, -0.1) is 0 Å². The Bertz CT molecular complexity index is 1400. The second-order valence-corrected chi connectivity index (χ2v) is 7.79. The van der Waals surface area contributed by atoms with E-state index in [-0.39, 0.29) is 18.4 Å². The Balaban J connectivity index is 1.84. The summed E-state index contributed by atoms with van der Waals surface area (Å²) in [6.45, 7) is 1.42. The van der Waals surface area contributed by atoms with Crippen LogP contribution in [0.1, 0.15) is 27.6 Å². The Hall–Kier alpha value is -3.50. The monoisotopic (exact) mass is 379 g/mol. The highest BCUT2D eigenvalue weighted by Gasteiger charge is 2.36. The van der Waals surface area contributed by atoms with Crippen molar-refractivity contribution < 1.29 is 14.7 Å². The Morgan fingerprint density at radius 3 is 1.76 bits per heavy atom. The van der Waals surface area contributed by atoms with Crippen molar-refractivity contribution in [2.24, 2.45) is 0 Å². The van der Waals surface area contributed by atoms with E-state index in [9.17, 15) is 14.7 Å². The molecule has 6 rings (SSSR count). The van der Waals surface area contributed by atoms with E-state index in [1.54, 1.807) is 6.92 Å². The number of nitrogens with zero attached hydrogens (tertiary/aromatic N) is 1. The van der Waals surface area contributed by atoms with Crippen LogP contribution in [0.25, 0.3) is 43.1 Å². The molecule has 4 heteroatoms. The third-order valence-corrected chi connectivity index (χ3v) is 6.25. The van der Waals surface area contributed by atoms with Crippen molar-refractivity contribution in [1.82, 2.24) is 4.90 Å². The topological polar surface area (TPSA) is 57.6 Å². The van der Waals surface area contributed by atoms with Crippen LogP contribution in [-0.2, 0) is 0 Å². The van der Waals surface area contributed by atoms with Crippen molar-refractivity contribution >= 4 is 54.9 Å². The van der Waals surface area contributed by atoms with Crippen LogP contribution in [0.15, 0.2) is 60.7 Å². The Kier molecular flexibility index (Phi) is 3.13. The minimum Gasteiger partial charge on any atom is -0.394 e. The molecule has 1 N–H and O–H groups in total. The quantitative estimate of drug-likeness (QED) is 0.274. The maximum atomic E-state index is 13.2. The Labute approximate surface area is 166 Å². The number of carbonyl (C=O) groups excluding carboxylic acids is 2. The largest absolute Gasteiger partial charge is 0.394 e. The number of rotatable bonds is 2. The van der Waals surface area contributed by atoms with Gasteiger partial charge in [-0.05, 0) is 56.8 Å². The SMILES string of the molecule is C[C@@H](CO)N1C(=O)c2ccc3c4cccc5cccc(c6ccc(c2c36)C1=O)c54. The first kappa shape index (κ1) is 16.5. The van der Waals surface area contributed by atoms with Gasteiger partial charge >= 0.3 is 0 Å². The van der Waals surface area contributed by atoms with Gasteiger partial charge in [-0.3, -0.25) is 14.5 Å². The fourth-order valence-electron chi connectivity index (χ4n) is 4.92. The molecule has 0 saturated heterocycles.